The van der Waals surface area contributed by atoms with Gasteiger partial charge in [-0.1, -0.05) is 12.1 Å². The number of piperazine rings is 1. The fourth-order valence-corrected chi connectivity index (χ4v) is 4.73. The van der Waals surface area contributed by atoms with Crippen LogP contribution in [0.3, 0.4) is 0 Å². The number of nitrogens with zero attached hydrogens (tertiary/aromatic N) is 1. The number of nitrogens with one attached hydrogen (secondary N) is 1. The number of benzene rings is 2. The summed E-state index contributed by atoms with van der Waals surface area (Å²) in [6, 6.07) is 7.85. The molecule has 1 aliphatic heterocycles. The van der Waals surface area contributed by atoms with Crippen LogP contribution in [0.5, 0.6) is 0 Å². The highest BCUT2D eigenvalue weighted by Gasteiger charge is 2.35. The molecule has 0 bridgehead atoms. The Morgan fingerprint density at radius 1 is 1.18 bits per heavy atom. The Morgan fingerprint density at radius 2 is 1.93 bits per heavy atom. The third-order valence-electron chi connectivity index (χ3n) is 4.33. The van der Waals surface area contributed by atoms with E-state index in [9.17, 15) is 22.0 Å². The number of ether oxygens (including phenoxy) is 1. The van der Waals surface area contributed by atoms with E-state index < -0.39 is 33.7 Å². The monoisotopic (exact) mass is 432 g/mol. The van der Waals surface area contributed by atoms with Crippen LogP contribution < -0.4 is 5.32 Å². The van der Waals surface area contributed by atoms with E-state index in [0.717, 1.165) is 25.3 Å². The number of carbonyl (C=O) groups excluding carboxylic acids is 1. The average molecular weight is 433 g/mol. The third kappa shape index (κ3) is 4.49. The van der Waals surface area contributed by atoms with Crippen LogP contribution >= 0.6 is 12.4 Å². The van der Waals surface area contributed by atoms with E-state index in [1.807, 2.05) is 0 Å². The maximum absolute atomic E-state index is 13.9. The Balaban J connectivity index is 0.00000280. The van der Waals surface area contributed by atoms with Crippen molar-refractivity contribution in [3.63, 3.8) is 0 Å². The first-order valence-electron chi connectivity index (χ1n) is 8.20. The van der Waals surface area contributed by atoms with Crippen LogP contribution in [0.4, 0.5) is 8.78 Å². The highest BCUT2D eigenvalue weighted by molar-refractivity contribution is 7.89. The second kappa shape index (κ2) is 8.95. The number of methoxy groups -OCH3 is 1. The molecular weight excluding hydrogens is 414 g/mol. The predicted molar refractivity (Wildman–Crippen MR) is 101 cm³/mol. The number of rotatable bonds is 4. The van der Waals surface area contributed by atoms with E-state index in [-0.39, 0.29) is 36.0 Å². The molecule has 0 radical (unpaired) electrons. The molecule has 1 atom stereocenters. The van der Waals surface area contributed by atoms with Crippen molar-refractivity contribution in [3.05, 3.63) is 65.2 Å². The summed E-state index contributed by atoms with van der Waals surface area (Å²) in [5.41, 5.74) is 0.281. The summed E-state index contributed by atoms with van der Waals surface area (Å²) in [5.74, 6) is -2.18. The first-order valence-corrected chi connectivity index (χ1v) is 9.64. The zero-order chi connectivity index (χ0) is 19.6. The van der Waals surface area contributed by atoms with Crippen LogP contribution in [-0.2, 0) is 14.8 Å². The Bertz CT molecular complexity index is 972. The molecule has 1 heterocycles. The Labute approximate surface area is 168 Å². The fourth-order valence-electron chi connectivity index (χ4n) is 3.05. The maximum Gasteiger partial charge on any atom is 0.337 e. The highest BCUT2D eigenvalue weighted by Crippen LogP contribution is 2.30. The molecule has 28 heavy (non-hydrogen) atoms. The van der Waals surface area contributed by atoms with Gasteiger partial charge in [0, 0.05) is 19.6 Å². The molecule has 0 amide bonds. The summed E-state index contributed by atoms with van der Waals surface area (Å²) in [6.45, 7) is 0.791. The molecule has 10 heteroatoms. The zero-order valence-corrected chi connectivity index (χ0v) is 16.5. The number of halogens is 3. The van der Waals surface area contributed by atoms with E-state index in [0.29, 0.717) is 12.1 Å². The van der Waals surface area contributed by atoms with Crippen LogP contribution in [0.2, 0.25) is 0 Å². The molecule has 6 nitrogen and oxygen atoms in total. The standard InChI is InChI=1S/C18H18F2N2O4S.ClH/c1-26-18(23)13-8-15(20)10-16(9-13)27(24,25)22-6-5-21-11-17(22)12-3-2-4-14(19)7-12;/h2-4,7-10,17,21H,5-6,11H2,1H3;1H. The van der Waals surface area contributed by atoms with Gasteiger partial charge in [-0.15, -0.1) is 12.4 Å². The fraction of sp³-hybridized carbons (Fsp3) is 0.278. The van der Waals surface area contributed by atoms with Crippen molar-refractivity contribution in [1.82, 2.24) is 9.62 Å². The summed E-state index contributed by atoms with van der Waals surface area (Å²) in [6.07, 6.45) is 0. The van der Waals surface area contributed by atoms with Gasteiger partial charge < -0.3 is 10.1 Å². The maximum atomic E-state index is 13.9. The molecule has 0 aromatic heterocycles. The smallest absolute Gasteiger partial charge is 0.337 e. The number of sulfonamides is 1. The van der Waals surface area contributed by atoms with Crippen LogP contribution in [0.25, 0.3) is 0 Å². The lowest BCUT2D eigenvalue weighted by molar-refractivity contribution is 0.0600. The SMILES string of the molecule is COC(=O)c1cc(F)cc(S(=O)(=O)N2CCNCC2c2cccc(F)c2)c1.Cl. The van der Waals surface area contributed by atoms with Crippen molar-refractivity contribution in [2.24, 2.45) is 0 Å². The third-order valence-corrected chi connectivity index (χ3v) is 6.21. The minimum Gasteiger partial charge on any atom is -0.465 e. The van der Waals surface area contributed by atoms with Gasteiger partial charge in [0.05, 0.1) is 23.6 Å². The summed E-state index contributed by atoms with van der Waals surface area (Å²) in [7, 11) is -3.01. The van der Waals surface area contributed by atoms with Crippen molar-refractivity contribution < 1.29 is 26.7 Å². The molecule has 3 rings (SSSR count). The van der Waals surface area contributed by atoms with Gasteiger partial charge in [0.1, 0.15) is 11.6 Å². The van der Waals surface area contributed by atoms with Crippen molar-refractivity contribution in [2.75, 3.05) is 26.7 Å². The molecule has 0 spiro atoms. The van der Waals surface area contributed by atoms with Gasteiger partial charge in [-0.2, -0.15) is 4.31 Å². The first-order chi connectivity index (χ1) is 12.8. The number of hydrogen-bond donors (Lipinski definition) is 1. The normalized spacial score (nSPS) is 17.6. The van der Waals surface area contributed by atoms with E-state index in [1.54, 1.807) is 6.07 Å². The summed E-state index contributed by atoms with van der Waals surface area (Å²) in [5, 5.41) is 3.08. The Morgan fingerprint density at radius 3 is 2.61 bits per heavy atom. The van der Waals surface area contributed by atoms with Gasteiger partial charge >= 0.3 is 5.97 Å². The molecule has 1 aliphatic rings. The molecule has 1 saturated heterocycles. The van der Waals surface area contributed by atoms with Crippen LogP contribution in [0.1, 0.15) is 22.0 Å². The van der Waals surface area contributed by atoms with E-state index in [4.69, 9.17) is 0 Å². The average Bonchev–Trinajstić information content (AvgIpc) is 2.66. The lowest BCUT2D eigenvalue weighted by Crippen LogP contribution is -2.48. The number of esters is 1. The van der Waals surface area contributed by atoms with Gasteiger partial charge in [-0.3, -0.25) is 0 Å². The molecular formula is C18H19ClF2N2O4S. The molecule has 0 aliphatic carbocycles. The minimum atomic E-state index is -4.14. The van der Waals surface area contributed by atoms with Gasteiger partial charge in [-0.25, -0.2) is 22.0 Å². The van der Waals surface area contributed by atoms with E-state index in [1.165, 1.54) is 22.5 Å². The second-order valence-corrected chi connectivity index (χ2v) is 7.95. The summed E-state index contributed by atoms with van der Waals surface area (Å²) < 4.78 is 59.6. The lowest BCUT2D eigenvalue weighted by atomic mass is 10.1. The van der Waals surface area contributed by atoms with E-state index in [2.05, 4.69) is 10.1 Å². The minimum absolute atomic E-state index is 0. The van der Waals surface area contributed by atoms with E-state index >= 15 is 0 Å². The largest absolute Gasteiger partial charge is 0.465 e. The van der Waals surface area contributed by atoms with Gasteiger partial charge in [-0.05, 0) is 35.9 Å². The lowest BCUT2D eigenvalue weighted by Gasteiger charge is -2.35. The number of carbonyl (C=O) groups is 1. The summed E-state index contributed by atoms with van der Waals surface area (Å²) in [4.78, 5) is 11.3. The molecule has 2 aromatic rings. The predicted octanol–water partition coefficient (Wildman–Crippen LogP) is 2.51. The molecule has 152 valence electrons. The van der Waals surface area contributed by atoms with Crippen molar-refractivity contribution >= 4 is 28.4 Å². The van der Waals surface area contributed by atoms with Crippen LogP contribution in [-0.4, -0.2) is 45.4 Å². The highest BCUT2D eigenvalue weighted by atomic mass is 35.5. The molecule has 0 saturated carbocycles. The van der Waals surface area contributed by atoms with Crippen molar-refractivity contribution in [1.29, 1.82) is 0 Å². The van der Waals surface area contributed by atoms with Crippen LogP contribution in [0.15, 0.2) is 47.4 Å². The summed E-state index contributed by atoms with van der Waals surface area (Å²) >= 11 is 0. The van der Waals surface area contributed by atoms with Crippen LogP contribution in [0, 0.1) is 11.6 Å². The van der Waals surface area contributed by atoms with Gasteiger partial charge in [0.15, 0.2) is 0 Å². The molecule has 1 fully saturated rings. The second-order valence-electron chi connectivity index (χ2n) is 6.06. The molecule has 2 aromatic carbocycles. The quantitative estimate of drug-likeness (QED) is 0.751. The first kappa shape index (κ1) is 22.2. The van der Waals surface area contributed by atoms with Crippen molar-refractivity contribution in [3.8, 4) is 0 Å². The molecule has 1 N–H and O–H groups in total. The zero-order valence-electron chi connectivity index (χ0n) is 14.9. The topological polar surface area (TPSA) is 75.7 Å². The number of hydrogen-bond acceptors (Lipinski definition) is 5. The Kier molecular flexibility index (Phi) is 7.11. The Hall–Kier alpha value is -2.07. The van der Waals surface area contributed by atoms with Crippen molar-refractivity contribution in [2.45, 2.75) is 10.9 Å². The molecule has 1 unspecified atom stereocenters. The van der Waals surface area contributed by atoms with Gasteiger partial charge in [0.2, 0.25) is 10.0 Å². The van der Waals surface area contributed by atoms with Gasteiger partial charge in [0.25, 0.3) is 0 Å².